The van der Waals surface area contributed by atoms with Crippen molar-refractivity contribution in [1.29, 1.82) is 0 Å². The number of nitrogens with zero attached hydrogens (tertiary/aromatic N) is 1. The van der Waals surface area contributed by atoms with Gasteiger partial charge >= 0.3 is 0 Å². The summed E-state index contributed by atoms with van der Waals surface area (Å²) in [6.45, 7) is 0.403. The Morgan fingerprint density at radius 2 is 1.79 bits per heavy atom. The summed E-state index contributed by atoms with van der Waals surface area (Å²) in [7, 11) is 0. The molecular formula is C21H20N4O2S. The Hall–Kier alpha value is -3.32. The van der Waals surface area contributed by atoms with E-state index in [1.807, 2.05) is 36.4 Å². The molecule has 3 rings (SSSR count). The number of aromatic nitrogens is 1. The average molecular weight is 392 g/mol. The second-order valence-electron chi connectivity index (χ2n) is 5.99. The van der Waals surface area contributed by atoms with Crippen molar-refractivity contribution in [3.05, 3.63) is 84.2 Å². The van der Waals surface area contributed by atoms with Crippen molar-refractivity contribution in [2.45, 2.75) is 11.4 Å². The lowest BCUT2D eigenvalue weighted by Crippen LogP contribution is -2.24. The molecule has 7 heteroatoms. The molecule has 6 nitrogen and oxygen atoms in total. The fourth-order valence-corrected chi connectivity index (χ4v) is 3.12. The van der Waals surface area contributed by atoms with Crippen LogP contribution in [-0.2, 0) is 11.3 Å². The molecule has 142 valence electrons. The average Bonchev–Trinajstić information content (AvgIpc) is 2.73. The van der Waals surface area contributed by atoms with Gasteiger partial charge in [-0.25, -0.2) is 0 Å². The van der Waals surface area contributed by atoms with Crippen LogP contribution in [0.25, 0.3) is 0 Å². The van der Waals surface area contributed by atoms with Crippen molar-refractivity contribution < 1.29 is 9.59 Å². The first kappa shape index (κ1) is 19.4. The molecule has 2 aromatic carbocycles. The van der Waals surface area contributed by atoms with Gasteiger partial charge in [-0.1, -0.05) is 24.3 Å². The van der Waals surface area contributed by atoms with Gasteiger partial charge in [-0.2, -0.15) is 0 Å². The smallest absolute Gasteiger partial charge is 0.255 e. The number of nitrogens with one attached hydrogen (secondary N) is 2. The number of carbonyl (C=O) groups is 2. The first-order valence-electron chi connectivity index (χ1n) is 8.66. The Labute approximate surface area is 167 Å². The fourth-order valence-electron chi connectivity index (χ4n) is 2.41. The van der Waals surface area contributed by atoms with Crippen LogP contribution in [0.15, 0.2) is 78.0 Å². The van der Waals surface area contributed by atoms with E-state index in [4.69, 9.17) is 5.73 Å². The molecule has 0 unspecified atom stereocenters. The van der Waals surface area contributed by atoms with Gasteiger partial charge in [0.2, 0.25) is 5.91 Å². The lowest BCUT2D eigenvalue weighted by atomic mass is 10.1. The van der Waals surface area contributed by atoms with E-state index in [0.29, 0.717) is 29.2 Å². The molecular weight excluding hydrogens is 372 g/mol. The summed E-state index contributed by atoms with van der Waals surface area (Å²) < 4.78 is 0. The monoisotopic (exact) mass is 392 g/mol. The number of carbonyl (C=O) groups excluding carboxylic acids is 2. The van der Waals surface area contributed by atoms with Crippen LogP contribution < -0.4 is 16.4 Å². The van der Waals surface area contributed by atoms with Crippen LogP contribution in [0.1, 0.15) is 15.9 Å². The van der Waals surface area contributed by atoms with Gasteiger partial charge < -0.3 is 16.4 Å². The molecule has 1 heterocycles. The molecule has 1 aromatic heterocycles. The van der Waals surface area contributed by atoms with E-state index in [1.54, 1.807) is 36.7 Å². The molecule has 28 heavy (non-hydrogen) atoms. The summed E-state index contributed by atoms with van der Waals surface area (Å²) in [5.41, 5.74) is 8.36. The molecule has 0 saturated carbocycles. The third-order valence-corrected chi connectivity index (χ3v) is 4.90. The zero-order valence-electron chi connectivity index (χ0n) is 15.1. The molecule has 0 aliphatic carbocycles. The number of nitrogens with two attached hydrogens (primary N) is 1. The molecule has 0 saturated heterocycles. The van der Waals surface area contributed by atoms with Crippen LogP contribution in [-0.4, -0.2) is 22.6 Å². The zero-order chi connectivity index (χ0) is 19.8. The van der Waals surface area contributed by atoms with Crippen molar-refractivity contribution in [1.82, 2.24) is 10.3 Å². The van der Waals surface area contributed by atoms with Gasteiger partial charge in [0, 0.05) is 29.4 Å². The number of pyridine rings is 1. The Balaban J connectivity index is 1.48. The quantitative estimate of drug-likeness (QED) is 0.423. The van der Waals surface area contributed by atoms with Gasteiger partial charge in [0.05, 0.1) is 17.1 Å². The summed E-state index contributed by atoms with van der Waals surface area (Å²) >= 11 is 1.43. The number of hydrogen-bond acceptors (Lipinski definition) is 5. The van der Waals surface area contributed by atoms with Crippen molar-refractivity contribution in [2.75, 3.05) is 16.8 Å². The van der Waals surface area contributed by atoms with E-state index in [0.717, 1.165) is 10.5 Å². The minimum atomic E-state index is -0.235. The predicted octanol–water partition coefficient (Wildman–Crippen LogP) is 3.32. The molecule has 0 atom stereocenters. The molecule has 0 aliphatic heterocycles. The van der Waals surface area contributed by atoms with Gasteiger partial charge in [0.15, 0.2) is 0 Å². The Kier molecular flexibility index (Phi) is 6.64. The molecule has 3 aromatic rings. The molecule has 0 radical (unpaired) electrons. The third-order valence-electron chi connectivity index (χ3n) is 3.92. The number of nitrogen functional groups attached to an aromatic ring is 1. The number of anilines is 2. The highest BCUT2D eigenvalue weighted by molar-refractivity contribution is 8.00. The Morgan fingerprint density at radius 3 is 2.50 bits per heavy atom. The largest absolute Gasteiger partial charge is 0.397 e. The number of thioether (sulfide) groups is 1. The number of hydrogen-bond donors (Lipinski definition) is 3. The van der Waals surface area contributed by atoms with E-state index in [9.17, 15) is 9.59 Å². The van der Waals surface area contributed by atoms with Gasteiger partial charge in [-0.05, 0) is 42.0 Å². The number of para-hydroxylation sites is 2. The van der Waals surface area contributed by atoms with Crippen LogP contribution in [0.3, 0.4) is 0 Å². The third kappa shape index (κ3) is 5.59. The fraction of sp³-hybridized carbons (Fsp3) is 0.0952. The summed E-state index contributed by atoms with van der Waals surface area (Å²) in [6, 6.07) is 17.9. The standard InChI is InChI=1S/C21H20N4O2S/c22-18-5-1-2-6-19(18)25-21(27)16-9-7-15(8-10-16)12-24-20(26)14-28-17-4-3-11-23-13-17/h1-11,13H,12,14,22H2,(H,24,26)(H,25,27). The summed E-state index contributed by atoms with van der Waals surface area (Å²) in [5, 5.41) is 5.65. The second kappa shape index (κ2) is 9.57. The van der Waals surface area contributed by atoms with Crippen LogP contribution in [0.5, 0.6) is 0 Å². The summed E-state index contributed by atoms with van der Waals surface area (Å²) in [4.78, 5) is 29.3. The highest BCUT2D eigenvalue weighted by Crippen LogP contribution is 2.18. The van der Waals surface area contributed by atoms with Crippen LogP contribution in [0.4, 0.5) is 11.4 Å². The predicted molar refractivity (Wildman–Crippen MR) is 112 cm³/mol. The van der Waals surface area contributed by atoms with Gasteiger partial charge in [-0.3, -0.25) is 14.6 Å². The van der Waals surface area contributed by atoms with Crippen molar-refractivity contribution in [3.8, 4) is 0 Å². The number of rotatable bonds is 7. The number of amides is 2. The lowest BCUT2D eigenvalue weighted by Gasteiger charge is -2.09. The van der Waals surface area contributed by atoms with E-state index >= 15 is 0 Å². The molecule has 2 amide bonds. The van der Waals surface area contributed by atoms with Gasteiger partial charge in [-0.15, -0.1) is 11.8 Å². The Bertz CT molecular complexity index is 946. The van der Waals surface area contributed by atoms with E-state index < -0.39 is 0 Å². The highest BCUT2D eigenvalue weighted by atomic mass is 32.2. The number of benzene rings is 2. The normalized spacial score (nSPS) is 10.3. The van der Waals surface area contributed by atoms with Gasteiger partial charge in [0.25, 0.3) is 5.91 Å². The SMILES string of the molecule is Nc1ccccc1NC(=O)c1ccc(CNC(=O)CSc2cccnc2)cc1. The lowest BCUT2D eigenvalue weighted by molar-refractivity contribution is -0.118. The maximum absolute atomic E-state index is 12.3. The van der Waals surface area contributed by atoms with Crippen molar-refractivity contribution >= 4 is 35.0 Å². The van der Waals surface area contributed by atoms with Crippen molar-refractivity contribution in [3.63, 3.8) is 0 Å². The van der Waals surface area contributed by atoms with Crippen LogP contribution in [0.2, 0.25) is 0 Å². The Morgan fingerprint density at radius 1 is 1.00 bits per heavy atom. The highest BCUT2D eigenvalue weighted by Gasteiger charge is 2.08. The topological polar surface area (TPSA) is 97.1 Å². The summed E-state index contributed by atoms with van der Waals surface area (Å²) in [5.74, 6) is 0.0293. The molecule has 0 spiro atoms. The zero-order valence-corrected chi connectivity index (χ0v) is 15.9. The maximum Gasteiger partial charge on any atom is 0.255 e. The minimum absolute atomic E-state index is 0.0600. The van der Waals surface area contributed by atoms with Crippen LogP contribution >= 0.6 is 11.8 Å². The first-order chi connectivity index (χ1) is 13.6. The first-order valence-corrected chi connectivity index (χ1v) is 9.65. The summed E-state index contributed by atoms with van der Waals surface area (Å²) in [6.07, 6.45) is 3.42. The molecule has 0 bridgehead atoms. The molecule has 0 fully saturated rings. The second-order valence-corrected chi connectivity index (χ2v) is 7.04. The van der Waals surface area contributed by atoms with Gasteiger partial charge in [0.1, 0.15) is 0 Å². The van der Waals surface area contributed by atoms with E-state index in [-0.39, 0.29) is 11.8 Å². The van der Waals surface area contributed by atoms with E-state index in [2.05, 4.69) is 15.6 Å². The maximum atomic E-state index is 12.3. The van der Waals surface area contributed by atoms with E-state index in [1.165, 1.54) is 11.8 Å². The molecule has 4 N–H and O–H groups in total. The van der Waals surface area contributed by atoms with Crippen LogP contribution in [0, 0.1) is 0 Å². The minimum Gasteiger partial charge on any atom is -0.397 e. The molecule has 0 aliphatic rings. The van der Waals surface area contributed by atoms with Crippen molar-refractivity contribution in [2.24, 2.45) is 0 Å².